The molecule has 0 saturated heterocycles. The van der Waals surface area contributed by atoms with Gasteiger partial charge in [-0.25, -0.2) is 8.42 Å². The number of halogens is 1. The lowest BCUT2D eigenvalue weighted by atomic mass is 10.0. The van der Waals surface area contributed by atoms with Crippen molar-refractivity contribution in [1.29, 1.82) is 0 Å². The van der Waals surface area contributed by atoms with Crippen LogP contribution >= 0.6 is 12.4 Å². The lowest BCUT2D eigenvalue weighted by Crippen LogP contribution is -2.52. The first-order valence-corrected chi connectivity index (χ1v) is 16.8. The molecule has 0 aliphatic heterocycles. The third-order valence-corrected chi connectivity index (χ3v) is 8.93. The van der Waals surface area contributed by atoms with Gasteiger partial charge in [0.05, 0.1) is 37.9 Å². The van der Waals surface area contributed by atoms with Crippen LogP contribution in [0.5, 0.6) is 17.2 Å². The molecule has 1 amide bonds. The number of carbonyl (C=O) groups excluding carboxylic acids is 1. The molecule has 3 unspecified atom stereocenters. The monoisotopic (exact) mass is 662 g/mol. The summed E-state index contributed by atoms with van der Waals surface area (Å²) in [5.74, 6) is 1.26. The fourth-order valence-electron chi connectivity index (χ4n) is 4.60. The van der Waals surface area contributed by atoms with E-state index in [1.165, 1.54) is 7.11 Å². The minimum atomic E-state index is -3.40. The summed E-state index contributed by atoms with van der Waals surface area (Å²) in [6.07, 6.45) is -1.17. The number of rotatable bonds is 19. The maximum absolute atomic E-state index is 13.7. The van der Waals surface area contributed by atoms with E-state index in [0.717, 1.165) is 16.9 Å². The minimum Gasteiger partial charge on any atom is -0.497 e. The number of methoxy groups -OCH3 is 2. The van der Waals surface area contributed by atoms with Gasteiger partial charge in [-0.15, -0.1) is 12.4 Å². The highest BCUT2D eigenvalue weighted by Crippen LogP contribution is 2.22. The summed E-state index contributed by atoms with van der Waals surface area (Å²) < 4.78 is 42.2. The Kier molecular flexibility index (Phi) is 16.2. The van der Waals surface area contributed by atoms with E-state index in [2.05, 4.69) is 10.6 Å². The Balaban J connectivity index is 0.00000705. The van der Waals surface area contributed by atoms with Crippen molar-refractivity contribution in [2.24, 2.45) is 5.92 Å². The van der Waals surface area contributed by atoms with Crippen molar-refractivity contribution in [3.8, 4) is 17.2 Å². The van der Waals surface area contributed by atoms with Crippen molar-refractivity contribution >= 4 is 28.2 Å². The molecule has 9 nitrogen and oxygen atoms in total. The maximum atomic E-state index is 13.7. The zero-order chi connectivity index (χ0) is 32.0. The van der Waals surface area contributed by atoms with Crippen LogP contribution in [-0.4, -0.2) is 70.0 Å². The van der Waals surface area contributed by atoms with Crippen LogP contribution in [0.15, 0.2) is 78.9 Å². The second-order valence-corrected chi connectivity index (χ2v) is 13.6. The third kappa shape index (κ3) is 13.7. The van der Waals surface area contributed by atoms with Gasteiger partial charge in [0.15, 0.2) is 6.10 Å². The van der Waals surface area contributed by atoms with Gasteiger partial charge in [-0.1, -0.05) is 62.4 Å². The van der Waals surface area contributed by atoms with Crippen LogP contribution in [-0.2, 0) is 27.6 Å². The maximum Gasteiger partial charge on any atom is 0.261 e. The number of hydrogen-bond acceptors (Lipinski definition) is 8. The Hall–Kier alpha value is -3.31. The Morgan fingerprint density at radius 3 is 2.09 bits per heavy atom. The fraction of sp³-hybridized carbons (Fsp3) is 0.441. The number of aliphatic hydroxyl groups is 1. The Labute approximate surface area is 274 Å². The van der Waals surface area contributed by atoms with Crippen molar-refractivity contribution in [3.05, 3.63) is 90.0 Å². The third-order valence-electron chi connectivity index (χ3n) is 7.22. The summed E-state index contributed by atoms with van der Waals surface area (Å²) in [6, 6.07) is 23.4. The average Bonchev–Trinajstić information content (AvgIpc) is 3.02. The van der Waals surface area contributed by atoms with Crippen LogP contribution in [0.25, 0.3) is 0 Å². The molecule has 0 fully saturated rings. The highest BCUT2D eigenvalue weighted by molar-refractivity contribution is 7.91. The van der Waals surface area contributed by atoms with Gasteiger partial charge in [-0.3, -0.25) is 4.79 Å². The summed E-state index contributed by atoms with van der Waals surface area (Å²) in [6.45, 7) is 4.65. The van der Waals surface area contributed by atoms with Crippen molar-refractivity contribution in [3.63, 3.8) is 0 Å². The van der Waals surface area contributed by atoms with Crippen molar-refractivity contribution in [2.75, 3.05) is 32.3 Å². The molecular formula is C34H47ClN2O7S. The van der Waals surface area contributed by atoms with E-state index in [1.54, 1.807) is 31.4 Å². The van der Waals surface area contributed by atoms with Gasteiger partial charge in [0.1, 0.15) is 27.1 Å². The smallest absolute Gasteiger partial charge is 0.261 e. The van der Waals surface area contributed by atoms with Gasteiger partial charge in [-0.2, -0.15) is 0 Å². The first-order valence-electron chi connectivity index (χ1n) is 15.0. The van der Waals surface area contributed by atoms with E-state index in [-0.39, 0.29) is 42.8 Å². The zero-order valence-corrected chi connectivity index (χ0v) is 28.1. The molecule has 0 aliphatic carbocycles. The normalized spacial score (nSPS) is 13.3. The number of benzene rings is 3. The van der Waals surface area contributed by atoms with Gasteiger partial charge in [0.2, 0.25) is 0 Å². The fourth-order valence-corrected chi connectivity index (χ4v) is 6.21. The van der Waals surface area contributed by atoms with Crippen molar-refractivity contribution < 1.29 is 32.5 Å². The summed E-state index contributed by atoms with van der Waals surface area (Å²) in [5.41, 5.74) is 1.93. The summed E-state index contributed by atoms with van der Waals surface area (Å²) >= 11 is 0. The van der Waals surface area contributed by atoms with E-state index in [9.17, 15) is 18.3 Å². The van der Waals surface area contributed by atoms with E-state index in [4.69, 9.17) is 14.2 Å². The molecule has 3 aromatic carbocycles. The Morgan fingerprint density at radius 1 is 0.822 bits per heavy atom. The number of sulfone groups is 1. The highest BCUT2D eigenvalue weighted by Gasteiger charge is 2.29. The average molecular weight is 663 g/mol. The van der Waals surface area contributed by atoms with Crippen molar-refractivity contribution in [1.82, 2.24) is 10.6 Å². The number of ether oxygens (including phenoxy) is 3. The van der Waals surface area contributed by atoms with E-state index >= 15 is 0 Å². The second kappa shape index (κ2) is 19.3. The largest absolute Gasteiger partial charge is 0.497 e. The second-order valence-electron chi connectivity index (χ2n) is 11.3. The predicted octanol–water partition coefficient (Wildman–Crippen LogP) is 4.60. The lowest BCUT2D eigenvalue weighted by Gasteiger charge is -2.27. The lowest BCUT2D eigenvalue weighted by molar-refractivity contribution is -0.129. The first-order chi connectivity index (χ1) is 21.1. The first kappa shape index (κ1) is 37.9. The van der Waals surface area contributed by atoms with E-state index < -0.39 is 34.0 Å². The number of carbonyl (C=O) groups is 1. The van der Waals surface area contributed by atoms with E-state index in [0.29, 0.717) is 30.9 Å². The molecule has 3 aromatic rings. The van der Waals surface area contributed by atoms with Gasteiger partial charge in [0, 0.05) is 25.6 Å². The summed E-state index contributed by atoms with van der Waals surface area (Å²) in [4.78, 5) is 13.7. The van der Waals surface area contributed by atoms with Crippen LogP contribution in [0.1, 0.15) is 37.8 Å². The molecular weight excluding hydrogens is 616 g/mol. The molecule has 3 N–H and O–H groups in total. The molecule has 0 saturated carbocycles. The SMILES string of the molecule is COc1cccc(CNCC(O)C(Cc2ccccc2)NC(=O)C(CCS(=O)(=O)CCC(C)C)Oc2cccc(OC)c2)c1.Cl. The Morgan fingerprint density at radius 2 is 1.42 bits per heavy atom. The van der Waals surface area contributed by atoms with Crippen LogP contribution in [0, 0.1) is 5.92 Å². The van der Waals surface area contributed by atoms with Gasteiger partial charge >= 0.3 is 0 Å². The molecule has 0 bridgehead atoms. The van der Waals surface area contributed by atoms with Crippen LogP contribution < -0.4 is 24.8 Å². The molecule has 0 aliphatic rings. The molecule has 0 heterocycles. The summed E-state index contributed by atoms with van der Waals surface area (Å²) in [7, 11) is -0.259. The van der Waals surface area contributed by atoms with Crippen molar-refractivity contribution in [2.45, 2.75) is 57.9 Å². The molecule has 248 valence electrons. The van der Waals surface area contributed by atoms with Crippen LogP contribution in [0.3, 0.4) is 0 Å². The Bertz CT molecular complexity index is 1410. The highest BCUT2D eigenvalue weighted by atomic mass is 35.5. The van der Waals surface area contributed by atoms with Gasteiger partial charge in [-0.05, 0) is 54.2 Å². The number of aliphatic hydroxyl groups excluding tert-OH is 1. The molecule has 0 aromatic heterocycles. The van der Waals surface area contributed by atoms with Crippen LogP contribution in [0.2, 0.25) is 0 Å². The molecule has 0 radical (unpaired) electrons. The number of hydrogen-bond donors (Lipinski definition) is 3. The van der Waals surface area contributed by atoms with E-state index in [1.807, 2.05) is 68.4 Å². The quantitative estimate of drug-likeness (QED) is 0.170. The zero-order valence-electron chi connectivity index (χ0n) is 26.5. The molecule has 0 spiro atoms. The number of nitrogens with one attached hydrogen (secondary N) is 2. The molecule has 45 heavy (non-hydrogen) atoms. The molecule has 3 atom stereocenters. The van der Waals surface area contributed by atoms with Gasteiger partial charge < -0.3 is 30.0 Å². The standard InChI is InChI=1S/C34H46N2O7S.ClH/c1-25(2)16-18-44(39,40)19-17-33(43-30-15-9-14-29(22-30)42-4)34(38)36-31(21-26-10-6-5-7-11-26)32(37)24-35-23-27-12-8-13-28(20-27)41-3;/h5-15,20,22,25,31-33,35,37H,16-19,21,23-24H2,1-4H3,(H,36,38);1H. The molecule has 3 rings (SSSR count). The van der Waals surface area contributed by atoms with Gasteiger partial charge in [0.25, 0.3) is 5.91 Å². The summed E-state index contributed by atoms with van der Waals surface area (Å²) in [5, 5.41) is 17.5. The topological polar surface area (TPSA) is 123 Å². The predicted molar refractivity (Wildman–Crippen MR) is 180 cm³/mol. The molecule has 11 heteroatoms. The minimum absolute atomic E-state index is 0. The number of amides is 1. The van der Waals surface area contributed by atoms with Crippen LogP contribution in [0.4, 0.5) is 0 Å².